The van der Waals surface area contributed by atoms with Gasteiger partial charge in [0.05, 0.1) is 12.2 Å². The zero-order valence-corrected chi connectivity index (χ0v) is 17.8. The quantitative estimate of drug-likeness (QED) is 0.286. The first-order valence-corrected chi connectivity index (χ1v) is 10.9. The van der Waals surface area contributed by atoms with Crippen LogP contribution in [0.1, 0.15) is 44.6 Å². The van der Waals surface area contributed by atoms with Gasteiger partial charge in [-0.05, 0) is 43.4 Å². The van der Waals surface area contributed by atoms with Crippen LogP contribution >= 0.6 is 0 Å². The topological polar surface area (TPSA) is 44.8 Å². The Hall–Kier alpha value is -2.59. The number of hydrogen-bond acceptors (Lipinski definition) is 4. The normalized spacial score (nSPS) is 15.4. The largest absolute Gasteiger partial charge is 0.489 e. The second kappa shape index (κ2) is 11.6. The molecule has 0 spiro atoms. The van der Waals surface area contributed by atoms with Crippen molar-refractivity contribution in [3.63, 3.8) is 0 Å². The van der Waals surface area contributed by atoms with Crippen LogP contribution in [0.2, 0.25) is 0 Å². The Kier molecular flexibility index (Phi) is 8.52. The molecule has 0 amide bonds. The summed E-state index contributed by atoms with van der Waals surface area (Å²) >= 11 is 0. The highest BCUT2D eigenvalue weighted by atomic mass is 16.6. The lowest BCUT2D eigenvalue weighted by atomic mass is 9.97. The Balaban J connectivity index is 1.68. The van der Waals surface area contributed by atoms with Crippen LogP contribution in [0.25, 0.3) is 11.1 Å². The van der Waals surface area contributed by atoms with Gasteiger partial charge in [-0.15, -0.1) is 0 Å². The summed E-state index contributed by atoms with van der Waals surface area (Å²) in [7, 11) is 0. The molecule has 0 radical (unpaired) electrons. The van der Waals surface area contributed by atoms with E-state index in [-0.39, 0.29) is 19.3 Å². The molecular weight excluding hydrogens is 376 g/mol. The van der Waals surface area contributed by atoms with Gasteiger partial charge in [-0.1, -0.05) is 68.3 Å². The summed E-state index contributed by atoms with van der Waals surface area (Å²) in [6, 6.07) is 16.5. The minimum absolute atomic E-state index is 0.164. The molecule has 1 fully saturated rings. The molecular formula is C26H32O4. The fraction of sp³-hybridized carbons (Fsp3) is 0.423. The molecule has 0 heterocycles. The Morgan fingerprint density at radius 1 is 1.10 bits per heavy atom. The molecule has 1 unspecified atom stereocenters. The van der Waals surface area contributed by atoms with Crippen molar-refractivity contribution in [2.75, 3.05) is 13.2 Å². The molecule has 0 N–H and O–H groups in total. The van der Waals surface area contributed by atoms with E-state index in [2.05, 4.69) is 43.8 Å². The number of hydrogen-bond donors (Lipinski definition) is 0. The highest BCUT2D eigenvalue weighted by Gasteiger charge is 2.17. The van der Waals surface area contributed by atoms with Crippen molar-refractivity contribution in [3.05, 3.63) is 66.7 Å². The summed E-state index contributed by atoms with van der Waals surface area (Å²) in [4.78, 5) is 11.2. The second-order valence-electron chi connectivity index (χ2n) is 7.83. The lowest BCUT2D eigenvalue weighted by molar-refractivity contribution is -0.138. The van der Waals surface area contributed by atoms with Crippen LogP contribution in [0.3, 0.4) is 0 Å². The van der Waals surface area contributed by atoms with E-state index in [9.17, 15) is 4.79 Å². The Morgan fingerprint density at radius 3 is 2.60 bits per heavy atom. The maximum absolute atomic E-state index is 11.2. The molecule has 30 heavy (non-hydrogen) atoms. The lowest BCUT2D eigenvalue weighted by Gasteiger charge is -2.26. The third kappa shape index (κ3) is 6.74. The summed E-state index contributed by atoms with van der Waals surface area (Å²) in [5.41, 5.74) is 3.29. The monoisotopic (exact) mass is 408 g/mol. The van der Waals surface area contributed by atoms with Crippen LogP contribution < -0.4 is 4.74 Å². The molecule has 0 aliphatic heterocycles. The molecule has 0 saturated heterocycles. The van der Waals surface area contributed by atoms with E-state index in [1.807, 2.05) is 18.2 Å². The summed E-state index contributed by atoms with van der Waals surface area (Å²) < 4.78 is 17.3. The van der Waals surface area contributed by atoms with Crippen molar-refractivity contribution in [1.29, 1.82) is 0 Å². The average molecular weight is 409 g/mol. The summed E-state index contributed by atoms with van der Waals surface area (Å²) in [5.74, 6) is 0.350. The number of esters is 1. The van der Waals surface area contributed by atoms with Gasteiger partial charge >= 0.3 is 5.97 Å². The SMILES string of the molecule is C=CC(=O)OCCOc1cc(CC(C)OC2CCCCC2)ccc1-c1ccccc1. The van der Waals surface area contributed by atoms with Gasteiger partial charge in [-0.2, -0.15) is 0 Å². The number of rotatable bonds is 10. The van der Waals surface area contributed by atoms with E-state index in [1.54, 1.807) is 0 Å². The molecule has 2 aromatic rings. The van der Waals surface area contributed by atoms with Crippen molar-refractivity contribution in [1.82, 2.24) is 0 Å². The first-order valence-electron chi connectivity index (χ1n) is 10.9. The van der Waals surface area contributed by atoms with Crippen molar-refractivity contribution in [3.8, 4) is 16.9 Å². The van der Waals surface area contributed by atoms with E-state index in [4.69, 9.17) is 14.2 Å². The molecule has 160 valence electrons. The highest BCUT2D eigenvalue weighted by molar-refractivity contribution is 5.81. The van der Waals surface area contributed by atoms with Gasteiger partial charge in [0.15, 0.2) is 0 Å². The molecule has 1 aliphatic rings. The van der Waals surface area contributed by atoms with Crippen LogP contribution in [0.5, 0.6) is 5.75 Å². The predicted molar refractivity (Wildman–Crippen MR) is 120 cm³/mol. The third-order valence-electron chi connectivity index (χ3n) is 5.38. The Labute approximate surface area is 179 Å². The smallest absolute Gasteiger partial charge is 0.330 e. The zero-order chi connectivity index (χ0) is 21.2. The fourth-order valence-corrected chi connectivity index (χ4v) is 3.93. The van der Waals surface area contributed by atoms with Crippen LogP contribution in [-0.2, 0) is 20.7 Å². The molecule has 4 nitrogen and oxygen atoms in total. The van der Waals surface area contributed by atoms with Gasteiger partial charge in [0, 0.05) is 11.6 Å². The van der Waals surface area contributed by atoms with Crippen LogP contribution in [0.4, 0.5) is 0 Å². The van der Waals surface area contributed by atoms with Gasteiger partial charge in [0.25, 0.3) is 0 Å². The minimum Gasteiger partial charge on any atom is -0.489 e. The first kappa shape index (κ1) is 22.1. The molecule has 1 saturated carbocycles. The van der Waals surface area contributed by atoms with Crippen molar-refractivity contribution in [2.45, 2.75) is 57.7 Å². The Morgan fingerprint density at radius 2 is 1.87 bits per heavy atom. The van der Waals surface area contributed by atoms with Gasteiger partial charge in [-0.3, -0.25) is 0 Å². The second-order valence-corrected chi connectivity index (χ2v) is 7.83. The molecule has 0 bridgehead atoms. The van der Waals surface area contributed by atoms with Gasteiger partial charge < -0.3 is 14.2 Å². The number of benzene rings is 2. The maximum atomic E-state index is 11.2. The molecule has 4 heteroatoms. The van der Waals surface area contributed by atoms with E-state index >= 15 is 0 Å². The summed E-state index contributed by atoms with van der Waals surface area (Å²) in [6.45, 7) is 6.03. The summed E-state index contributed by atoms with van der Waals surface area (Å²) in [6.07, 6.45) is 8.79. The van der Waals surface area contributed by atoms with Crippen molar-refractivity contribution in [2.24, 2.45) is 0 Å². The summed E-state index contributed by atoms with van der Waals surface area (Å²) in [5, 5.41) is 0. The van der Waals surface area contributed by atoms with E-state index in [1.165, 1.54) is 37.7 Å². The standard InChI is InChI=1S/C26H32O4/c1-3-26(27)29-17-16-28-25-19-21(14-15-24(25)22-10-6-4-7-11-22)18-20(2)30-23-12-8-5-9-13-23/h3-4,6-7,10-11,14-15,19-20,23H,1,5,8-9,12-13,16-18H2,2H3. The highest BCUT2D eigenvalue weighted by Crippen LogP contribution is 2.32. The number of carbonyl (C=O) groups is 1. The molecule has 3 rings (SSSR count). The maximum Gasteiger partial charge on any atom is 0.330 e. The molecule has 1 atom stereocenters. The van der Waals surface area contributed by atoms with E-state index < -0.39 is 5.97 Å². The minimum atomic E-state index is -0.440. The van der Waals surface area contributed by atoms with Gasteiger partial charge in [0.2, 0.25) is 0 Å². The van der Waals surface area contributed by atoms with Crippen LogP contribution in [0, 0.1) is 0 Å². The van der Waals surface area contributed by atoms with Gasteiger partial charge in [-0.25, -0.2) is 4.79 Å². The third-order valence-corrected chi connectivity index (χ3v) is 5.38. The molecule has 1 aliphatic carbocycles. The number of ether oxygens (including phenoxy) is 3. The van der Waals surface area contributed by atoms with Crippen molar-refractivity contribution < 1.29 is 19.0 Å². The molecule has 2 aromatic carbocycles. The van der Waals surface area contributed by atoms with E-state index in [0.29, 0.717) is 6.10 Å². The van der Waals surface area contributed by atoms with Crippen LogP contribution in [-0.4, -0.2) is 31.4 Å². The average Bonchev–Trinajstić information content (AvgIpc) is 2.78. The Bertz CT molecular complexity index is 809. The predicted octanol–water partition coefficient (Wildman–Crippen LogP) is 5.74. The fourth-order valence-electron chi connectivity index (χ4n) is 3.93. The lowest BCUT2D eigenvalue weighted by Crippen LogP contribution is -2.23. The first-order chi connectivity index (χ1) is 14.7. The number of carbonyl (C=O) groups excluding carboxylic acids is 1. The molecule has 0 aromatic heterocycles. The van der Waals surface area contributed by atoms with Crippen LogP contribution in [0.15, 0.2) is 61.2 Å². The van der Waals surface area contributed by atoms with Gasteiger partial charge in [0.1, 0.15) is 19.0 Å². The zero-order valence-electron chi connectivity index (χ0n) is 17.8. The van der Waals surface area contributed by atoms with Crippen molar-refractivity contribution >= 4 is 5.97 Å². The van der Waals surface area contributed by atoms with E-state index in [0.717, 1.165) is 29.4 Å².